The molecule has 0 radical (unpaired) electrons. The third-order valence-electron chi connectivity index (χ3n) is 3.36. The van der Waals surface area contributed by atoms with Crippen LogP contribution in [0.2, 0.25) is 0 Å². The molecule has 0 bridgehead atoms. The molecule has 0 N–H and O–H groups in total. The van der Waals surface area contributed by atoms with E-state index in [1.165, 1.54) is 4.90 Å². The molecular weight excluding hydrogens is 286 g/mol. The molecule has 0 aromatic heterocycles. The highest BCUT2D eigenvalue weighted by molar-refractivity contribution is 8.18. The minimum Gasteiger partial charge on any atom is -0.493 e. The van der Waals surface area contributed by atoms with Gasteiger partial charge in [-0.3, -0.25) is 14.5 Å². The van der Waals surface area contributed by atoms with Crippen molar-refractivity contribution >= 4 is 29.0 Å². The van der Waals surface area contributed by atoms with Crippen LogP contribution in [0.1, 0.15) is 32.8 Å². The van der Waals surface area contributed by atoms with Crippen molar-refractivity contribution in [3.63, 3.8) is 0 Å². The zero-order chi connectivity index (χ0) is 15.4. The summed E-state index contributed by atoms with van der Waals surface area (Å²) in [5, 5.41) is -0.200. The molecular formula is C16H19NO3S. The van der Waals surface area contributed by atoms with Crippen LogP contribution in [0.15, 0.2) is 29.2 Å². The highest BCUT2D eigenvalue weighted by Crippen LogP contribution is 2.35. The van der Waals surface area contributed by atoms with Gasteiger partial charge in [0.1, 0.15) is 5.75 Å². The van der Waals surface area contributed by atoms with Crippen LogP contribution < -0.4 is 4.74 Å². The van der Waals surface area contributed by atoms with Crippen molar-refractivity contribution in [3.8, 4) is 5.75 Å². The SMILES string of the molecule is CCOc1ccccc1/C=C1/SC(=O)N([C@@H](C)CC)C1=O. The Morgan fingerprint density at radius 2 is 2.00 bits per heavy atom. The van der Waals surface area contributed by atoms with Crippen LogP contribution in [0.4, 0.5) is 4.79 Å². The summed E-state index contributed by atoms with van der Waals surface area (Å²) < 4.78 is 5.54. The topological polar surface area (TPSA) is 46.6 Å². The van der Waals surface area contributed by atoms with Gasteiger partial charge in [-0.2, -0.15) is 0 Å². The molecule has 1 aliphatic rings. The normalized spacial score (nSPS) is 18.4. The van der Waals surface area contributed by atoms with E-state index in [1.54, 1.807) is 6.08 Å². The maximum absolute atomic E-state index is 12.4. The first-order chi connectivity index (χ1) is 10.1. The Balaban J connectivity index is 2.31. The molecule has 0 saturated carbocycles. The van der Waals surface area contributed by atoms with E-state index in [0.29, 0.717) is 11.5 Å². The molecule has 1 saturated heterocycles. The van der Waals surface area contributed by atoms with E-state index in [-0.39, 0.29) is 17.2 Å². The van der Waals surface area contributed by atoms with Crippen molar-refractivity contribution in [2.75, 3.05) is 6.61 Å². The fourth-order valence-corrected chi connectivity index (χ4v) is 2.99. The molecule has 1 fully saturated rings. The molecule has 5 heteroatoms. The smallest absolute Gasteiger partial charge is 0.293 e. The molecule has 1 atom stereocenters. The third-order valence-corrected chi connectivity index (χ3v) is 4.24. The van der Waals surface area contributed by atoms with Crippen LogP contribution in [0.5, 0.6) is 5.75 Å². The number of hydrogen-bond acceptors (Lipinski definition) is 4. The predicted molar refractivity (Wildman–Crippen MR) is 85.2 cm³/mol. The largest absolute Gasteiger partial charge is 0.493 e. The van der Waals surface area contributed by atoms with Crippen LogP contribution in [0, 0.1) is 0 Å². The lowest BCUT2D eigenvalue weighted by atomic mass is 10.1. The second-order valence-electron chi connectivity index (χ2n) is 4.78. The maximum Gasteiger partial charge on any atom is 0.293 e. The van der Waals surface area contributed by atoms with Gasteiger partial charge >= 0.3 is 0 Å². The van der Waals surface area contributed by atoms with Crippen LogP contribution in [-0.4, -0.2) is 28.7 Å². The summed E-state index contributed by atoms with van der Waals surface area (Å²) in [6.45, 7) is 6.31. The van der Waals surface area contributed by atoms with E-state index in [4.69, 9.17) is 4.74 Å². The maximum atomic E-state index is 12.4. The first kappa shape index (κ1) is 15.6. The van der Waals surface area contributed by atoms with Gasteiger partial charge in [0.05, 0.1) is 11.5 Å². The zero-order valence-electron chi connectivity index (χ0n) is 12.5. The summed E-state index contributed by atoms with van der Waals surface area (Å²) in [6, 6.07) is 7.42. The van der Waals surface area contributed by atoms with E-state index in [0.717, 1.165) is 29.5 Å². The highest BCUT2D eigenvalue weighted by Gasteiger charge is 2.37. The summed E-state index contributed by atoms with van der Waals surface area (Å²) in [6.07, 6.45) is 2.49. The van der Waals surface area contributed by atoms with Crippen molar-refractivity contribution in [3.05, 3.63) is 34.7 Å². The monoisotopic (exact) mass is 305 g/mol. The molecule has 1 heterocycles. The van der Waals surface area contributed by atoms with Gasteiger partial charge in [0.15, 0.2) is 0 Å². The summed E-state index contributed by atoms with van der Waals surface area (Å²) in [5.41, 5.74) is 0.814. The van der Waals surface area contributed by atoms with Crippen LogP contribution in [0.25, 0.3) is 6.08 Å². The minimum absolute atomic E-state index is 0.0782. The summed E-state index contributed by atoms with van der Waals surface area (Å²) in [5.74, 6) is 0.501. The number of amides is 2. The van der Waals surface area contributed by atoms with E-state index < -0.39 is 0 Å². The van der Waals surface area contributed by atoms with Gasteiger partial charge in [-0.15, -0.1) is 0 Å². The number of ether oxygens (including phenoxy) is 1. The average Bonchev–Trinajstić information content (AvgIpc) is 2.75. The molecule has 21 heavy (non-hydrogen) atoms. The number of para-hydroxylation sites is 1. The van der Waals surface area contributed by atoms with Crippen LogP contribution in [-0.2, 0) is 4.79 Å². The molecule has 0 aliphatic carbocycles. The van der Waals surface area contributed by atoms with Crippen molar-refractivity contribution in [1.29, 1.82) is 0 Å². The standard InChI is InChI=1S/C16H19NO3S/c1-4-11(3)17-15(18)14(21-16(17)19)10-12-8-6-7-9-13(12)20-5-2/h6-11H,4-5H2,1-3H3/b14-10+/t11-/m0/s1. The lowest BCUT2D eigenvalue weighted by Crippen LogP contribution is -2.36. The number of carbonyl (C=O) groups is 2. The van der Waals surface area contributed by atoms with Gasteiger partial charge in [0.25, 0.3) is 11.1 Å². The number of thioether (sulfide) groups is 1. The lowest BCUT2D eigenvalue weighted by molar-refractivity contribution is -0.124. The molecule has 4 nitrogen and oxygen atoms in total. The van der Waals surface area contributed by atoms with E-state index in [1.807, 2.05) is 45.0 Å². The molecule has 0 spiro atoms. The molecule has 2 rings (SSSR count). The second kappa shape index (κ2) is 6.80. The van der Waals surface area contributed by atoms with Gasteiger partial charge in [0, 0.05) is 11.6 Å². The number of hydrogen-bond donors (Lipinski definition) is 0. The fourth-order valence-electron chi connectivity index (χ4n) is 2.07. The Morgan fingerprint density at radius 3 is 2.67 bits per heavy atom. The minimum atomic E-state index is -0.217. The van der Waals surface area contributed by atoms with Gasteiger partial charge in [-0.25, -0.2) is 0 Å². The molecule has 1 aromatic rings. The molecule has 2 amide bonds. The lowest BCUT2D eigenvalue weighted by Gasteiger charge is -2.19. The van der Waals surface area contributed by atoms with E-state index >= 15 is 0 Å². The zero-order valence-corrected chi connectivity index (χ0v) is 13.3. The third kappa shape index (κ3) is 3.29. The molecule has 0 unspecified atom stereocenters. The van der Waals surface area contributed by atoms with Crippen molar-refractivity contribution in [2.24, 2.45) is 0 Å². The molecule has 1 aliphatic heterocycles. The Morgan fingerprint density at radius 1 is 1.29 bits per heavy atom. The first-order valence-corrected chi connectivity index (χ1v) is 7.89. The summed E-state index contributed by atoms with van der Waals surface area (Å²) in [4.78, 5) is 26.1. The Kier molecular flexibility index (Phi) is 5.07. The Labute approximate surface area is 129 Å². The predicted octanol–water partition coefficient (Wildman–Crippen LogP) is 3.92. The number of carbonyl (C=O) groups excluding carboxylic acids is 2. The second-order valence-corrected chi connectivity index (χ2v) is 5.77. The first-order valence-electron chi connectivity index (χ1n) is 7.07. The van der Waals surface area contributed by atoms with Gasteiger partial charge in [0.2, 0.25) is 0 Å². The van der Waals surface area contributed by atoms with Gasteiger partial charge < -0.3 is 4.74 Å². The Hall–Kier alpha value is -1.75. The van der Waals surface area contributed by atoms with Gasteiger partial charge in [-0.1, -0.05) is 25.1 Å². The summed E-state index contributed by atoms with van der Waals surface area (Å²) >= 11 is 0.990. The van der Waals surface area contributed by atoms with Crippen LogP contribution in [0.3, 0.4) is 0 Å². The quantitative estimate of drug-likeness (QED) is 0.774. The van der Waals surface area contributed by atoms with E-state index in [2.05, 4.69) is 0 Å². The number of benzene rings is 1. The van der Waals surface area contributed by atoms with Crippen molar-refractivity contribution < 1.29 is 14.3 Å². The number of rotatable bonds is 5. The summed E-state index contributed by atoms with van der Waals surface area (Å²) in [7, 11) is 0. The molecule has 1 aromatic carbocycles. The highest BCUT2D eigenvalue weighted by atomic mass is 32.2. The van der Waals surface area contributed by atoms with E-state index in [9.17, 15) is 9.59 Å². The Bertz CT molecular complexity index is 583. The fraction of sp³-hybridized carbons (Fsp3) is 0.375. The van der Waals surface area contributed by atoms with Crippen molar-refractivity contribution in [2.45, 2.75) is 33.2 Å². The van der Waals surface area contributed by atoms with Gasteiger partial charge in [-0.05, 0) is 44.2 Å². The number of nitrogens with zero attached hydrogens (tertiary/aromatic N) is 1. The van der Waals surface area contributed by atoms with Crippen molar-refractivity contribution in [1.82, 2.24) is 4.90 Å². The number of imide groups is 1. The molecule has 112 valence electrons. The average molecular weight is 305 g/mol. The van der Waals surface area contributed by atoms with Crippen LogP contribution >= 0.6 is 11.8 Å².